The second-order valence-electron chi connectivity index (χ2n) is 3.40. The molecule has 1 heterocycles. The zero-order valence-corrected chi connectivity index (χ0v) is 8.72. The summed E-state index contributed by atoms with van der Waals surface area (Å²) in [5.74, 6) is 0.557. The monoisotopic (exact) mass is 198 g/mol. The van der Waals surface area contributed by atoms with Crippen molar-refractivity contribution in [2.45, 2.75) is 45.4 Å². The van der Waals surface area contributed by atoms with Gasteiger partial charge in [0.1, 0.15) is 11.9 Å². The van der Waals surface area contributed by atoms with Gasteiger partial charge in [-0.25, -0.2) is 4.98 Å². The van der Waals surface area contributed by atoms with Gasteiger partial charge in [-0.05, 0) is 12.8 Å². The van der Waals surface area contributed by atoms with Gasteiger partial charge in [0.05, 0.1) is 6.10 Å². The highest BCUT2D eigenvalue weighted by molar-refractivity contribution is 4.98. The molecule has 80 valence electrons. The van der Waals surface area contributed by atoms with Gasteiger partial charge in [-0.3, -0.25) is 0 Å². The van der Waals surface area contributed by atoms with Crippen molar-refractivity contribution in [3.05, 3.63) is 18.2 Å². The van der Waals surface area contributed by atoms with Crippen LogP contribution in [0, 0.1) is 0 Å². The molecule has 0 aliphatic heterocycles. The molecule has 4 nitrogen and oxygen atoms in total. The van der Waals surface area contributed by atoms with E-state index in [1.807, 2.05) is 17.7 Å². The Morgan fingerprint density at radius 1 is 1.43 bits per heavy atom. The Morgan fingerprint density at radius 2 is 2.14 bits per heavy atom. The van der Waals surface area contributed by atoms with Crippen LogP contribution in [0.4, 0.5) is 0 Å². The number of imidazole rings is 1. The Bertz CT molecular complexity index is 273. The summed E-state index contributed by atoms with van der Waals surface area (Å²) < 4.78 is 1.88. The van der Waals surface area contributed by atoms with E-state index in [9.17, 15) is 10.2 Å². The molecule has 0 spiro atoms. The van der Waals surface area contributed by atoms with Gasteiger partial charge < -0.3 is 14.8 Å². The SMILES string of the molecule is CCCn1ccnc1C(O)C(O)CC. The molecule has 0 aromatic carbocycles. The van der Waals surface area contributed by atoms with Crippen LogP contribution in [0.25, 0.3) is 0 Å². The van der Waals surface area contributed by atoms with Crippen molar-refractivity contribution >= 4 is 0 Å². The first kappa shape index (κ1) is 11.2. The molecule has 0 saturated carbocycles. The lowest BCUT2D eigenvalue weighted by Gasteiger charge is -2.16. The quantitative estimate of drug-likeness (QED) is 0.744. The molecule has 1 aromatic heterocycles. The van der Waals surface area contributed by atoms with Crippen LogP contribution in [-0.2, 0) is 6.54 Å². The fourth-order valence-electron chi connectivity index (χ4n) is 1.41. The highest BCUT2D eigenvalue weighted by Crippen LogP contribution is 2.17. The molecule has 1 aromatic rings. The maximum atomic E-state index is 9.75. The predicted molar refractivity (Wildman–Crippen MR) is 53.8 cm³/mol. The molecular weight excluding hydrogens is 180 g/mol. The fraction of sp³-hybridized carbons (Fsp3) is 0.700. The number of hydrogen-bond acceptors (Lipinski definition) is 3. The van der Waals surface area contributed by atoms with Crippen LogP contribution in [0.15, 0.2) is 12.4 Å². The Kier molecular flexibility index (Phi) is 4.10. The number of aryl methyl sites for hydroxylation is 1. The first-order valence-electron chi connectivity index (χ1n) is 5.07. The van der Waals surface area contributed by atoms with Crippen molar-refractivity contribution in [2.24, 2.45) is 0 Å². The first-order chi connectivity index (χ1) is 6.70. The second kappa shape index (κ2) is 5.12. The summed E-state index contributed by atoms with van der Waals surface area (Å²) in [6, 6.07) is 0. The van der Waals surface area contributed by atoms with Gasteiger partial charge in [0.15, 0.2) is 0 Å². The Balaban J connectivity index is 2.77. The Hall–Kier alpha value is -0.870. The largest absolute Gasteiger partial charge is 0.390 e. The van der Waals surface area contributed by atoms with E-state index in [0.717, 1.165) is 13.0 Å². The normalized spacial score (nSPS) is 15.4. The van der Waals surface area contributed by atoms with E-state index in [1.54, 1.807) is 6.20 Å². The lowest BCUT2D eigenvalue weighted by atomic mass is 10.1. The van der Waals surface area contributed by atoms with Crippen molar-refractivity contribution < 1.29 is 10.2 Å². The summed E-state index contributed by atoms with van der Waals surface area (Å²) in [4.78, 5) is 4.06. The van der Waals surface area contributed by atoms with E-state index in [0.29, 0.717) is 12.2 Å². The molecule has 0 radical (unpaired) electrons. The smallest absolute Gasteiger partial charge is 0.140 e. The van der Waals surface area contributed by atoms with Crippen LogP contribution in [0.3, 0.4) is 0 Å². The molecule has 2 unspecified atom stereocenters. The minimum absolute atomic E-state index is 0.528. The van der Waals surface area contributed by atoms with Gasteiger partial charge in [0.2, 0.25) is 0 Å². The maximum absolute atomic E-state index is 9.75. The molecular formula is C10H18N2O2. The third kappa shape index (κ3) is 2.33. The molecule has 2 atom stereocenters. The summed E-state index contributed by atoms with van der Waals surface area (Å²) in [5, 5.41) is 19.2. The van der Waals surface area contributed by atoms with Crippen LogP contribution in [0.1, 0.15) is 38.6 Å². The molecule has 0 bridgehead atoms. The van der Waals surface area contributed by atoms with Gasteiger partial charge in [-0.1, -0.05) is 13.8 Å². The topological polar surface area (TPSA) is 58.3 Å². The maximum Gasteiger partial charge on any atom is 0.140 e. The summed E-state index contributed by atoms with van der Waals surface area (Å²) in [6.45, 7) is 4.72. The number of rotatable bonds is 5. The van der Waals surface area contributed by atoms with E-state index >= 15 is 0 Å². The molecule has 0 amide bonds. The third-order valence-corrected chi connectivity index (χ3v) is 2.26. The van der Waals surface area contributed by atoms with Crippen LogP contribution in [0.2, 0.25) is 0 Å². The zero-order valence-electron chi connectivity index (χ0n) is 8.72. The zero-order chi connectivity index (χ0) is 10.6. The van der Waals surface area contributed by atoms with Crippen molar-refractivity contribution in [2.75, 3.05) is 0 Å². The van der Waals surface area contributed by atoms with E-state index < -0.39 is 12.2 Å². The minimum Gasteiger partial charge on any atom is -0.390 e. The lowest BCUT2D eigenvalue weighted by molar-refractivity contribution is 0.00908. The highest BCUT2D eigenvalue weighted by atomic mass is 16.3. The van der Waals surface area contributed by atoms with Gasteiger partial charge >= 0.3 is 0 Å². The molecule has 2 N–H and O–H groups in total. The number of aliphatic hydroxyl groups excluding tert-OH is 2. The summed E-state index contributed by atoms with van der Waals surface area (Å²) >= 11 is 0. The number of hydrogen-bond donors (Lipinski definition) is 2. The van der Waals surface area contributed by atoms with Gasteiger partial charge in [0, 0.05) is 18.9 Å². The van der Waals surface area contributed by atoms with E-state index in [-0.39, 0.29) is 0 Å². The molecule has 0 saturated heterocycles. The van der Waals surface area contributed by atoms with Gasteiger partial charge in [-0.2, -0.15) is 0 Å². The van der Waals surface area contributed by atoms with Crippen molar-refractivity contribution in [1.82, 2.24) is 9.55 Å². The van der Waals surface area contributed by atoms with E-state index in [4.69, 9.17) is 0 Å². The standard InChI is InChI=1S/C10H18N2O2/c1-3-6-12-7-5-11-10(12)9(14)8(13)4-2/h5,7-9,13-14H,3-4,6H2,1-2H3. The number of aromatic nitrogens is 2. The summed E-state index contributed by atoms with van der Waals surface area (Å²) in [6.07, 6.45) is 3.38. The molecule has 4 heteroatoms. The second-order valence-corrected chi connectivity index (χ2v) is 3.40. The summed E-state index contributed by atoms with van der Waals surface area (Å²) in [5.41, 5.74) is 0. The molecule has 0 fully saturated rings. The highest BCUT2D eigenvalue weighted by Gasteiger charge is 2.20. The van der Waals surface area contributed by atoms with E-state index in [1.165, 1.54) is 0 Å². The predicted octanol–water partition coefficient (Wildman–Crippen LogP) is 1.10. The lowest BCUT2D eigenvalue weighted by Crippen LogP contribution is -2.21. The minimum atomic E-state index is -0.874. The average Bonchev–Trinajstić information content (AvgIpc) is 2.64. The summed E-state index contributed by atoms with van der Waals surface area (Å²) in [7, 11) is 0. The van der Waals surface area contributed by atoms with Gasteiger partial charge in [-0.15, -0.1) is 0 Å². The van der Waals surface area contributed by atoms with Crippen LogP contribution in [0.5, 0.6) is 0 Å². The molecule has 14 heavy (non-hydrogen) atoms. The fourth-order valence-corrected chi connectivity index (χ4v) is 1.41. The molecule has 0 aliphatic rings. The number of aliphatic hydroxyl groups is 2. The molecule has 1 rings (SSSR count). The molecule has 0 aliphatic carbocycles. The third-order valence-electron chi connectivity index (χ3n) is 2.26. The Labute approximate surface area is 84.2 Å². The van der Waals surface area contributed by atoms with Crippen LogP contribution in [-0.4, -0.2) is 25.9 Å². The Morgan fingerprint density at radius 3 is 2.71 bits per heavy atom. The van der Waals surface area contributed by atoms with Crippen LogP contribution < -0.4 is 0 Å². The van der Waals surface area contributed by atoms with Crippen LogP contribution >= 0.6 is 0 Å². The van der Waals surface area contributed by atoms with Gasteiger partial charge in [0.25, 0.3) is 0 Å². The average molecular weight is 198 g/mol. The number of nitrogens with zero attached hydrogens (tertiary/aromatic N) is 2. The van der Waals surface area contributed by atoms with Crippen molar-refractivity contribution in [1.29, 1.82) is 0 Å². The van der Waals surface area contributed by atoms with Crippen molar-refractivity contribution in [3.8, 4) is 0 Å². The van der Waals surface area contributed by atoms with Crippen molar-refractivity contribution in [3.63, 3.8) is 0 Å². The van der Waals surface area contributed by atoms with E-state index in [2.05, 4.69) is 11.9 Å². The first-order valence-corrected chi connectivity index (χ1v) is 5.07.